The Bertz CT molecular complexity index is 332. The van der Waals surface area contributed by atoms with Gasteiger partial charge in [-0.15, -0.1) is 12.4 Å². The molecule has 2 rings (SSSR count). The van der Waals surface area contributed by atoms with Crippen molar-refractivity contribution in [3.05, 3.63) is 0 Å². The van der Waals surface area contributed by atoms with Crippen LogP contribution in [0, 0.1) is 0 Å². The van der Waals surface area contributed by atoms with E-state index >= 15 is 0 Å². The fourth-order valence-corrected chi connectivity index (χ4v) is 3.11. The van der Waals surface area contributed by atoms with Gasteiger partial charge in [-0.3, -0.25) is 9.59 Å². The summed E-state index contributed by atoms with van der Waals surface area (Å²) in [5.74, 6) is 0.253. The predicted octanol–water partition coefficient (Wildman–Crippen LogP) is 1.07. The van der Waals surface area contributed by atoms with E-state index in [4.69, 9.17) is 0 Å². The second kappa shape index (κ2) is 8.47. The predicted molar refractivity (Wildman–Crippen MR) is 80.9 cm³/mol. The molecule has 0 aromatic rings. The Morgan fingerprint density at radius 2 is 2.00 bits per heavy atom. The van der Waals surface area contributed by atoms with Gasteiger partial charge >= 0.3 is 0 Å². The lowest BCUT2D eigenvalue weighted by Crippen LogP contribution is -2.41. The summed E-state index contributed by atoms with van der Waals surface area (Å²) in [6.07, 6.45) is 6.97. The summed E-state index contributed by atoms with van der Waals surface area (Å²) in [5.41, 5.74) is 0. The monoisotopic (exact) mass is 303 g/mol. The smallest absolute Gasteiger partial charge is 0.225 e. The van der Waals surface area contributed by atoms with E-state index in [-0.39, 0.29) is 30.3 Å². The molecule has 1 heterocycles. The SMILES string of the molecule is CNCCC(=O)NC1CC(=O)N(C2CCCCC2)C1.Cl. The van der Waals surface area contributed by atoms with Crippen LogP contribution < -0.4 is 10.6 Å². The first-order chi connectivity index (χ1) is 9.20. The summed E-state index contributed by atoms with van der Waals surface area (Å²) in [4.78, 5) is 25.7. The number of halogens is 1. The first kappa shape index (κ1) is 17.2. The number of nitrogens with zero attached hydrogens (tertiary/aromatic N) is 1. The first-order valence-electron chi connectivity index (χ1n) is 7.44. The van der Waals surface area contributed by atoms with Crippen LogP contribution in [-0.4, -0.2) is 48.9 Å². The number of nitrogens with one attached hydrogen (secondary N) is 2. The van der Waals surface area contributed by atoms with Gasteiger partial charge in [0.2, 0.25) is 11.8 Å². The number of amides is 2. The van der Waals surface area contributed by atoms with Gasteiger partial charge in [0.05, 0.1) is 6.04 Å². The van der Waals surface area contributed by atoms with Crippen LogP contribution in [0.2, 0.25) is 0 Å². The Morgan fingerprint density at radius 3 is 2.65 bits per heavy atom. The summed E-state index contributed by atoms with van der Waals surface area (Å²) in [5, 5.41) is 5.93. The fourth-order valence-electron chi connectivity index (χ4n) is 3.11. The Hall–Kier alpha value is -0.810. The normalized spacial score (nSPS) is 23.6. The molecule has 1 unspecified atom stereocenters. The van der Waals surface area contributed by atoms with Gasteiger partial charge in [-0.05, 0) is 19.9 Å². The van der Waals surface area contributed by atoms with E-state index in [1.165, 1.54) is 19.3 Å². The third-order valence-corrected chi connectivity index (χ3v) is 4.14. The van der Waals surface area contributed by atoms with E-state index in [1.807, 2.05) is 11.9 Å². The van der Waals surface area contributed by atoms with E-state index in [1.54, 1.807) is 0 Å². The molecule has 2 amide bonds. The highest BCUT2D eigenvalue weighted by molar-refractivity contribution is 5.85. The Labute approximate surface area is 127 Å². The molecule has 0 bridgehead atoms. The minimum Gasteiger partial charge on any atom is -0.351 e. The molecule has 0 aromatic heterocycles. The lowest BCUT2D eigenvalue weighted by Gasteiger charge is -2.31. The van der Waals surface area contributed by atoms with Crippen molar-refractivity contribution in [2.24, 2.45) is 0 Å². The van der Waals surface area contributed by atoms with Gasteiger partial charge in [0.15, 0.2) is 0 Å². The molecule has 0 aromatic carbocycles. The van der Waals surface area contributed by atoms with Gasteiger partial charge in [-0.1, -0.05) is 19.3 Å². The lowest BCUT2D eigenvalue weighted by atomic mass is 9.94. The van der Waals surface area contributed by atoms with Crippen LogP contribution in [0.1, 0.15) is 44.9 Å². The van der Waals surface area contributed by atoms with Crippen molar-refractivity contribution >= 4 is 24.2 Å². The second-order valence-corrected chi connectivity index (χ2v) is 5.66. The molecule has 0 radical (unpaired) electrons. The Kier molecular flexibility index (Phi) is 7.30. The minimum atomic E-state index is 0. The van der Waals surface area contributed by atoms with Crippen molar-refractivity contribution in [3.63, 3.8) is 0 Å². The van der Waals surface area contributed by atoms with Gasteiger partial charge in [0.1, 0.15) is 0 Å². The van der Waals surface area contributed by atoms with Gasteiger partial charge in [0, 0.05) is 32.0 Å². The zero-order valence-electron chi connectivity index (χ0n) is 12.2. The second-order valence-electron chi connectivity index (χ2n) is 5.66. The number of carbonyl (C=O) groups is 2. The summed E-state index contributed by atoms with van der Waals surface area (Å²) in [6, 6.07) is 0.430. The molecule has 116 valence electrons. The highest BCUT2D eigenvalue weighted by Crippen LogP contribution is 2.26. The summed E-state index contributed by atoms with van der Waals surface area (Å²) < 4.78 is 0. The van der Waals surface area contributed by atoms with Crippen molar-refractivity contribution in [2.45, 2.75) is 57.0 Å². The molecule has 2 N–H and O–H groups in total. The molecule has 1 atom stereocenters. The third-order valence-electron chi connectivity index (χ3n) is 4.14. The van der Waals surface area contributed by atoms with Gasteiger partial charge < -0.3 is 15.5 Å². The van der Waals surface area contributed by atoms with Gasteiger partial charge in [-0.25, -0.2) is 0 Å². The zero-order chi connectivity index (χ0) is 13.7. The molecule has 0 spiro atoms. The number of likely N-dealkylation sites (tertiary alicyclic amines) is 1. The third kappa shape index (κ3) is 4.63. The van der Waals surface area contributed by atoms with Crippen LogP contribution >= 0.6 is 12.4 Å². The van der Waals surface area contributed by atoms with E-state index in [0.29, 0.717) is 32.0 Å². The quantitative estimate of drug-likeness (QED) is 0.798. The minimum absolute atomic E-state index is 0. The van der Waals surface area contributed by atoms with E-state index in [9.17, 15) is 9.59 Å². The first-order valence-corrected chi connectivity index (χ1v) is 7.44. The number of hydrogen-bond acceptors (Lipinski definition) is 3. The maximum atomic E-state index is 12.0. The molecule has 6 heteroatoms. The summed E-state index contributed by atoms with van der Waals surface area (Å²) in [6.45, 7) is 1.38. The van der Waals surface area contributed by atoms with Crippen LogP contribution in [0.5, 0.6) is 0 Å². The maximum Gasteiger partial charge on any atom is 0.225 e. The Balaban J connectivity index is 0.00000200. The molecule has 1 aliphatic carbocycles. The van der Waals surface area contributed by atoms with Crippen molar-refractivity contribution in [3.8, 4) is 0 Å². The van der Waals surface area contributed by atoms with Crippen molar-refractivity contribution in [1.29, 1.82) is 0 Å². The molecule has 2 fully saturated rings. The van der Waals surface area contributed by atoms with Crippen LogP contribution in [0.15, 0.2) is 0 Å². The van der Waals surface area contributed by atoms with E-state index in [2.05, 4.69) is 10.6 Å². The molecule has 1 aliphatic heterocycles. The van der Waals surface area contributed by atoms with Crippen molar-refractivity contribution in [1.82, 2.24) is 15.5 Å². The standard InChI is InChI=1S/C14H25N3O2.ClH/c1-15-8-7-13(18)16-11-9-14(19)17(10-11)12-5-3-2-4-6-12;/h11-12,15H,2-10H2,1H3,(H,16,18);1H. The molecule has 1 saturated carbocycles. The van der Waals surface area contributed by atoms with Crippen LogP contribution in [0.4, 0.5) is 0 Å². The zero-order valence-corrected chi connectivity index (χ0v) is 13.0. The fraction of sp³-hybridized carbons (Fsp3) is 0.857. The van der Waals surface area contributed by atoms with Crippen molar-refractivity contribution in [2.75, 3.05) is 20.1 Å². The largest absolute Gasteiger partial charge is 0.351 e. The van der Waals surface area contributed by atoms with Crippen LogP contribution in [0.25, 0.3) is 0 Å². The number of hydrogen-bond donors (Lipinski definition) is 2. The van der Waals surface area contributed by atoms with Gasteiger partial charge in [-0.2, -0.15) is 0 Å². The molecular formula is C14H26ClN3O2. The van der Waals surface area contributed by atoms with Crippen LogP contribution in [-0.2, 0) is 9.59 Å². The van der Waals surface area contributed by atoms with E-state index < -0.39 is 0 Å². The molecule has 1 saturated heterocycles. The summed E-state index contributed by atoms with van der Waals surface area (Å²) in [7, 11) is 1.83. The lowest BCUT2D eigenvalue weighted by molar-refractivity contribution is -0.130. The number of carbonyl (C=O) groups excluding carboxylic acids is 2. The number of rotatable bonds is 5. The average Bonchev–Trinajstić information content (AvgIpc) is 2.78. The topological polar surface area (TPSA) is 61.4 Å². The van der Waals surface area contributed by atoms with Crippen LogP contribution in [0.3, 0.4) is 0 Å². The average molecular weight is 304 g/mol. The maximum absolute atomic E-state index is 12.0. The Morgan fingerprint density at radius 1 is 1.30 bits per heavy atom. The molecular weight excluding hydrogens is 278 g/mol. The highest BCUT2D eigenvalue weighted by atomic mass is 35.5. The molecule has 5 nitrogen and oxygen atoms in total. The van der Waals surface area contributed by atoms with Gasteiger partial charge in [0.25, 0.3) is 0 Å². The van der Waals surface area contributed by atoms with Crippen molar-refractivity contribution < 1.29 is 9.59 Å². The summed E-state index contributed by atoms with van der Waals surface area (Å²) >= 11 is 0. The highest BCUT2D eigenvalue weighted by Gasteiger charge is 2.35. The molecule has 20 heavy (non-hydrogen) atoms. The molecule has 2 aliphatic rings. The van der Waals surface area contributed by atoms with E-state index in [0.717, 1.165) is 12.8 Å².